The summed E-state index contributed by atoms with van der Waals surface area (Å²) in [6, 6.07) is 7.98. The summed E-state index contributed by atoms with van der Waals surface area (Å²) in [5.74, 6) is -0.118. The van der Waals surface area contributed by atoms with E-state index in [2.05, 4.69) is 15.2 Å². The van der Waals surface area contributed by atoms with Gasteiger partial charge < -0.3 is 10.2 Å². The fourth-order valence-corrected chi connectivity index (χ4v) is 4.14. The first-order chi connectivity index (χ1) is 10.8. The summed E-state index contributed by atoms with van der Waals surface area (Å²) in [5.41, 5.74) is 3.00. The van der Waals surface area contributed by atoms with Crippen molar-refractivity contribution in [3.8, 4) is 0 Å². The molecule has 2 aliphatic rings. The van der Waals surface area contributed by atoms with Crippen LogP contribution in [-0.2, 0) is 4.79 Å². The molecule has 0 aliphatic carbocycles. The van der Waals surface area contributed by atoms with E-state index in [-0.39, 0.29) is 5.91 Å². The summed E-state index contributed by atoms with van der Waals surface area (Å²) in [6.45, 7) is 1.77. The molecular weight excluding hydrogens is 314 g/mol. The number of rotatable bonds is 3. The molecule has 0 unspecified atom stereocenters. The van der Waals surface area contributed by atoms with E-state index in [1.54, 1.807) is 29.2 Å². The fraction of sp³-hybridized carbons (Fsp3) is 0.125. The minimum absolute atomic E-state index is 0.118. The highest BCUT2D eigenvalue weighted by molar-refractivity contribution is 8.14. The van der Waals surface area contributed by atoms with Gasteiger partial charge in [0.15, 0.2) is 5.17 Å². The number of amidine groups is 1. The Morgan fingerprint density at radius 3 is 3.18 bits per heavy atom. The molecule has 2 aromatic rings. The second-order valence-corrected chi connectivity index (χ2v) is 6.77. The molecule has 1 aromatic carbocycles. The van der Waals surface area contributed by atoms with Crippen LogP contribution in [0.1, 0.15) is 5.56 Å². The lowest BCUT2D eigenvalue weighted by Gasteiger charge is -2.13. The molecule has 3 heterocycles. The van der Waals surface area contributed by atoms with Crippen molar-refractivity contribution in [1.29, 1.82) is 0 Å². The van der Waals surface area contributed by atoms with Gasteiger partial charge in [-0.25, -0.2) is 0 Å². The lowest BCUT2D eigenvalue weighted by molar-refractivity contribution is -0.111. The van der Waals surface area contributed by atoms with Crippen LogP contribution in [0.2, 0.25) is 0 Å². The third kappa shape index (κ3) is 2.55. The van der Waals surface area contributed by atoms with Crippen LogP contribution >= 0.6 is 23.1 Å². The van der Waals surface area contributed by atoms with Gasteiger partial charge >= 0.3 is 0 Å². The van der Waals surface area contributed by atoms with Gasteiger partial charge in [-0.2, -0.15) is 11.3 Å². The van der Waals surface area contributed by atoms with E-state index >= 15 is 0 Å². The van der Waals surface area contributed by atoms with E-state index in [4.69, 9.17) is 0 Å². The van der Waals surface area contributed by atoms with Crippen LogP contribution in [0.15, 0.2) is 51.0 Å². The zero-order valence-electron chi connectivity index (χ0n) is 11.7. The van der Waals surface area contributed by atoms with Crippen molar-refractivity contribution in [2.75, 3.05) is 23.3 Å². The molecule has 1 amide bonds. The number of aliphatic imine (C=N–C) groups is 1. The second kappa shape index (κ2) is 5.62. The van der Waals surface area contributed by atoms with Crippen LogP contribution in [0.3, 0.4) is 0 Å². The van der Waals surface area contributed by atoms with Gasteiger partial charge in [-0.05, 0) is 58.4 Å². The number of fused-ring (bicyclic) bond motifs is 3. The number of thiophene rings is 1. The SMILES string of the molecule is O=C(C=Cc1ccsc1)Nc1ccc2c(c1)N1CCN=C1S2. The largest absolute Gasteiger partial charge is 0.322 e. The molecular formula is C16H13N3OS2. The predicted octanol–water partition coefficient (Wildman–Crippen LogP) is 3.68. The minimum atomic E-state index is -0.118. The van der Waals surface area contributed by atoms with Crippen molar-refractivity contribution >= 4 is 51.6 Å². The quantitative estimate of drug-likeness (QED) is 0.875. The van der Waals surface area contributed by atoms with E-state index in [0.717, 1.165) is 35.2 Å². The van der Waals surface area contributed by atoms with Crippen LogP contribution in [0.4, 0.5) is 11.4 Å². The summed E-state index contributed by atoms with van der Waals surface area (Å²) < 4.78 is 0. The Morgan fingerprint density at radius 1 is 1.36 bits per heavy atom. The Bertz CT molecular complexity index is 781. The minimum Gasteiger partial charge on any atom is -0.322 e. The number of nitrogens with zero attached hydrogens (tertiary/aromatic N) is 2. The van der Waals surface area contributed by atoms with E-state index in [9.17, 15) is 4.79 Å². The molecule has 0 saturated heterocycles. The Kier molecular flexibility index (Phi) is 3.48. The molecule has 0 bridgehead atoms. The van der Waals surface area contributed by atoms with Crippen molar-refractivity contribution in [1.82, 2.24) is 0 Å². The average Bonchev–Trinajstić information content (AvgIpc) is 3.22. The zero-order valence-corrected chi connectivity index (χ0v) is 13.3. The Morgan fingerprint density at radius 2 is 2.32 bits per heavy atom. The molecule has 1 aromatic heterocycles. The Labute approximate surface area is 136 Å². The molecule has 4 rings (SSSR count). The molecule has 22 heavy (non-hydrogen) atoms. The summed E-state index contributed by atoms with van der Waals surface area (Å²) in [7, 11) is 0. The fourth-order valence-electron chi connectivity index (χ4n) is 2.45. The molecule has 0 atom stereocenters. The van der Waals surface area contributed by atoms with Crippen LogP contribution in [-0.4, -0.2) is 24.2 Å². The van der Waals surface area contributed by atoms with Gasteiger partial charge in [-0.1, -0.05) is 0 Å². The van der Waals surface area contributed by atoms with Gasteiger partial charge in [0.1, 0.15) is 0 Å². The van der Waals surface area contributed by atoms with Crippen molar-refractivity contribution in [3.05, 3.63) is 46.7 Å². The number of hydrogen-bond donors (Lipinski definition) is 1. The maximum Gasteiger partial charge on any atom is 0.248 e. The first-order valence-corrected chi connectivity index (χ1v) is 8.71. The van der Waals surface area contributed by atoms with Crippen LogP contribution < -0.4 is 10.2 Å². The van der Waals surface area contributed by atoms with Gasteiger partial charge in [-0.3, -0.25) is 9.79 Å². The Hall–Kier alpha value is -2.05. The van der Waals surface area contributed by atoms with Crippen molar-refractivity contribution in [2.24, 2.45) is 4.99 Å². The van der Waals surface area contributed by atoms with Gasteiger partial charge in [0, 0.05) is 23.2 Å². The van der Waals surface area contributed by atoms with Crippen LogP contribution in [0, 0.1) is 0 Å². The summed E-state index contributed by atoms with van der Waals surface area (Å²) >= 11 is 3.31. The van der Waals surface area contributed by atoms with Crippen LogP contribution in [0.25, 0.3) is 6.08 Å². The normalized spacial score (nSPS) is 15.8. The third-order valence-corrected chi connectivity index (χ3v) is 5.29. The monoisotopic (exact) mass is 327 g/mol. The van der Waals surface area contributed by atoms with Gasteiger partial charge in [0.25, 0.3) is 0 Å². The summed E-state index contributed by atoms with van der Waals surface area (Å²) in [4.78, 5) is 19.9. The number of hydrogen-bond acceptors (Lipinski definition) is 5. The van der Waals surface area contributed by atoms with Gasteiger partial charge in [0.05, 0.1) is 12.2 Å². The molecule has 0 saturated carbocycles. The number of carbonyl (C=O) groups is 1. The number of benzene rings is 1. The lowest BCUT2D eigenvalue weighted by atomic mass is 10.2. The van der Waals surface area contributed by atoms with E-state index in [1.165, 1.54) is 4.90 Å². The maximum atomic E-state index is 12.0. The van der Waals surface area contributed by atoms with E-state index < -0.39 is 0 Å². The standard InChI is InChI=1S/C16H13N3OS2/c20-15(4-1-11-5-8-21-10-11)18-12-2-3-14-13(9-12)19-7-6-17-16(19)22-14/h1-5,8-10H,6-7H2,(H,18,20). The molecule has 6 heteroatoms. The molecule has 0 radical (unpaired) electrons. The molecule has 0 fully saturated rings. The highest BCUT2D eigenvalue weighted by Crippen LogP contribution is 2.43. The molecule has 110 valence electrons. The van der Waals surface area contributed by atoms with Crippen molar-refractivity contribution in [2.45, 2.75) is 4.90 Å². The number of amides is 1. The number of carbonyl (C=O) groups excluding carboxylic acids is 1. The topological polar surface area (TPSA) is 44.7 Å². The summed E-state index contributed by atoms with van der Waals surface area (Å²) in [6.07, 6.45) is 3.38. The molecule has 0 spiro atoms. The van der Waals surface area contributed by atoms with E-state index in [1.807, 2.05) is 41.1 Å². The average molecular weight is 327 g/mol. The predicted molar refractivity (Wildman–Crippen MR) is 93.9 cm³/mol. The molecule has 4 nitrogen and oxygen atoms in total. The number of thioether (sulfide) groups is 1. The van der Waals surface area contributed by atoms with Crippen molar-refractivity contribution < 1.29 is 4.79 Å². The van der Waals surface area contributed by atoms with Crippen LogP contribution in [0.5, 0.6) is 0 Å². The van der Waals surface area contributed by atoms with E-state index in [0.29, 0.717) is 0 Å². The first kappa shape index (κ1) is 13.6. The third-order valence-electron chi connectivity index (χ3n) is 3.49. The zero-order chi connectivity index (χ0) is 14.9. The number of nitrogens with one attached hydrogen (secondary N) is 1. The second-order valence-electron chi connectivity index (χ2n) is 4.98. The van der Waals surface area contributed by atoms with Crippen molar-refractivity contribution in [3.63, 3.8) is 0 Å². The maximum absolute atomic E-state index is 12.0. The Balaban J connectivity index is 1.49. The molecule has 2 aliphatic heterocycles. The lowest BCUT2D eigenvalue weighted by Crippen LogP contribution is -2.20. The summed E-state index contributed by atoms with van der Waals surface area (Å²) in [5, 5.41) is 7.98. The van der Waals surface area contributed by atoms with Gasteiger partial charge in [-0.15, -0.1) is 0 Å². The highest BCUT2D eigenvalue weighted by Gasteiger charge is 2.29. The van der Waals surface area contributed by atoms with Gasteiger partial charge in [0.2, 0.25) is 5.91 Å². The number of anilines is 2. The highest BCUT2D eigenvalue weighted by atomic mass is 32.2. The molecule has 1 N–H and O–H groups in total. The first-order valence-electron chi connectivity index (χ1n) is 6.95. The smallest absolute Gasteiger partial charge is 0.248 e.